The van der Waals surface area contributed by atoms with E-state index in [0.717, 1.165) is 5.56 Å². The number of rotatable bonds is 8. The summed E-state index contributed by atoms with van der Waals surface area (Å²) in [4.78, 5) is 10.8. The van der Waals surface area contributed by atoms with Crippen LogP contribution in [-0.4, -0.2) is 17.8 Å². The number of halogens is 1. The van der Waals surface area contributed by atoms with E-state index in [2.05, 4.69) is 4.74 Å². The van der Waals surface area contributed by atoms with E-state index in [1.54, 1.807) is 24.3 Å². The van der Waals surface area contributed by atoms with E-state index in [1.807, 2.05) is 30.3 Å². The molecule has 6 nitrogen and oxygen atoms in total. The molecule has 0 fully saturated rings. The normalized spacial score (nSPS) is 11.5. The number of hydrogen-bond acceptors (Lipinski definition) is 5. The summed E-state index contributed by atoms with van der Waals surface area (Å²) in [5.41, 5.74) is 6.24. The molecule has 1 unspecified atom stereocenters. The summed E-state index contributed by atoms with van der Waals surface area (Å²) in [5, 5.41) is 10.3. The molecule has 0 saturated carbocycles. The van der Waals surface area contributed by atoms with E-state index < -0.39 is 18.0 Å². The van der Waals surface area contributed by atoms with Crippen LogP contribution in [0, 0.1) is 5.82 Å². The van der Waals surface area contributed by atoms with Gasteiger partial charge in [0.2, 0.25) is 0 Å². The second-order valence-corrected chi connectivity index (χ2v) is 6.15. The van der Waals surface area contributed by atoms with Crippen molar-refractivity contribution in [2.75, 3.05) is 6.61 Å². The molecular weight excluding hydrogens is 377 g/mol. The second kappa shape index (κ2) is 9.57. The molecule has 3 aromatic carbocycles. The predicted molar refractivity (Wildman–Crippen MR) is 104 cm³/mol. The summed E-state index contributed by atoms with van der Waals surface area (Å²) >= 11 is 0. The lowest BCUT2D eigenvalue weighted by Crippen LogP contribution is -2.18. The minimum Gasteiger partial charge on any atom is -0.485 e. The minimum atomic E-state index is -1.17. The van der Waals surface area contributed by atoms with Crippen molar-refractivity contribution >= 4 is 6.09 Å². The number of carbonyl (C=O) groups is 1. The Morgan fingerprint density at radius 3 is 2.45 bits per heavy atom. The van der Waals surface area contributed by atoms with Crippen molar-refractivity contribution < 1.29 is 28.5 Å². The van der Waals surface area contributed by atoms with Crippen LogP contribution < -0.4 is 15.2 Å². The number of nitrogens with two attached hydrogens (primary N) is 1. The van der Waals surface area contributed by atoms with Gasteiger partial charge in [-0.1, -0.05) is 48.5 Å². The Labute approximate surface area is 167 Å². The van der Waals surface area contributed by atoms with Gasteiger partial charge in [0.05, 0.1) is 0 Å². The van der Waals surface area contributed by atoms with Crippen LogP contribution in [0.4, 0.5) is 9.18 Å². The molecule has 0 bridgehead atoms. The summed E-state index contributed by atoms with van der Waals surface area (Å²) in [6, 6.07) is 20.1. The molecule has 1 amide bonds. The summed E-state index contributed by atoms with van der Waals surface area (Å²) < 4.78 is 30.1. The van der Waals surface area contributed by atoms with Gasteiger partial charge in [0, 0.05) is 11.6 Å². The molecule has 0 radical (unpaired) electrons. The molecule has 0 spiro atoms. The van der Waals surface area contributed by atoms with Crippen LogP contribution >= 0.6 is 0 Å². The Balaban J connectivity index is 1.81. The van der Waals surface area contributed by atoms with Gasteiger partial charge in [-0.05, 0) is 23.8 Å². The minimum absolute atomic E-state index is 0.149. The summed E-state index contributed by atoms with van der Waals surface area (Å²) in [7, 11) is 0. The quantitative estimate of drug-likeness (QED) is 0.591. The third-order valence-corrected chi connectivity index (χ3v) is 4.02. The van der Waals surface area contributed by atoms with Crippen LogP contribution in [0.15, 0.2) is 72.8 Å². The first kappa shape index (κ1) is 20.2. The number of aliphatic hydroxyl groups is 1. The maximum absolute atomic E-state index is 13.8. The van der Waals surface area contributed by atoms with Gasteiger partial charge in [0.25, 0.3) is 0 Å². The van der Waals surface area contributed by atoms with Gasteiger partial charge in [-0.2, -0.15) is 0 Å². The van der Waals surface area contributed by atoms with Crippen LogP contribution in [0.2, 0.25) is 0 Å². The van der Waals surface area contributed by atoms with E-state index in [1.165, 1.54) is 18.2 Å². The van der Waals surface area contributed by atoms with Crippen molar-refractivity contribution in [3.05, 3.63) is 89.7 Å². The number of amides is 1. The number of benzene rings is 3. The smallest absolute Gasteiger partial charge is 0.404 e. The van der Waals surface area contributed by atoms with Gasteiger partial charge >= 0.3 is 6.09 Å². The molecule has 3 rings (SSSR count). The Bertz CT molecular complexity index is 964. The predicted octanol–water partition coefficient (Wildman–Crippen LogP) is 4.33. The molecule has 0 aliphatic carbocycles. The molecule has 3 aromatic rings. The van der Waals surface area contributed by atoms with E-state index in [9.17, 15) is 14.3 Å². The highest BCUT2D eigenvalue weighted by molar-refractivity contribution is 5.64. The average Bonchev–Trinajstić information content (AvgIpc) is 2.72. The molecule has 0 aliphatic rings. The highest BCUT2D eigenvalue weighted by Gasteiger charge is 2.17. The lowest BCUT2D eigenvalue weighted by Gasteiger charge is -2.17. The zero-order valence-electron chi connectivity index (χ0n) is 15.5. The zero-order chi connectivity index (χ0) is 20.6. The van der Waals surface area contributed by atoms with Crippen molar-refractivity contribution in [1.82, 2.24) is 0 Å². The highest BCUT2D eigenvalue weighted by atomic mass is 19.1. The van der Waals surface area contributed by atoms with Crippen molar-refractivity contribution in [2.24, 2.45) is 5.73 Å². The monoisotopic (exact) mass is 397 g/mol. The van der Waals surface area contributed by atoms with Crippen LogP contribution in [0.25, 0.3) is 0 Å². The topological polar surface area (TPSA) is 91.0 Å². The second-order valence-electron chi connectivity index (χ2n) is 6.15. The molecule has 7 heteroatoms. The molecule has 0 aromatic heterocycles. The summed E-state index contributed by atoms with van der Waals surface area (Å²) in [5.74, 6) is 0.259. The highest BCUT2D eigenvalue weighted by Crippen LogP contribution is 2.36. The average molecular weight is 397 g/mol. The van der Waals surface area contributed by atoms with E-state index in [4.69, 9.17) is 15.2 Å². The Morgan fingerprint density at radius 2 is 1.69 bits per heavy atom. The van der Waals surface area contributed by atoms with Gasteiger partial charge < -0.3 is 25.1 Å². The van der Waals surface area contributed by atoms with E-state index in [-0.39, 0.29) is 24.7 Å². The SMILES string of the molecule is NC(=O)OCC(O)c1ccccc1Oc1cc(F)ccc1OCc1ccccc1. The number of aliphatic hydroxyl groups excluding tert-OH is 1. The number of hydrogen-bond donors (Lipinski definition) is 2. The van der Waals surface area contributed by atoms with Gasteiger partial charge in [0.15, 0.2) is 11.5 Å². The molecule has 3 N–H and O–H groups in total. The van der Waals surface area contributed by atoms with Gasteiger partial charge in [-0.15, -0.1) is 0 Å². The van der Waals surface area contributed by atoms with Crippen molar-refractivity contribution in [1.29, 1.82) is 0 Å². The molecule has 0 heterocycles. The maximum atomic E-state index is 13.8. The molecule has 150 valence electrons. The number of ether oxygens (including phenoxy) is 3. The van der Waals surface area contributed by atoms with Crippen LogP contribution in [0.5, 0.6) is 17.2 Å². The number of carbonyl (C=O) groups excluding carboxylic acids is 1. The third kappa shape index (κ3) is 5.70. The van der Waals surface area contributed by atoms with Crippen LogP contribution in [-0.2, 0) is 11.3 Å². The van der Waals surface area contributed by atoms with Crippen molar-refractivity contribution in [3.63, 3.8) is 0 Å². The van der Waals surface area contributed by atoms with E-state index in [0.29, 0.717) is 11.3 Å². The molecule has 29 heavy (non-hydrogen) atoms. The maximum Gasteiger partial charge on any atom is 0.404 e. The van der Waals surface area contributed by atoms with Crippen LogP contribution in [0.3, 0.4) is 0 Å². The molecule has 0 saturated heterocycles. The summed E-state index contributed by atoms with van der Waals surface area (Å²) in [6.07, 6.45) is -2.16. The molecule has 0 aliphatic heterocycles. The first-order valence-corrected chi connectivity index (χ1v) is 8.86. The fourth-order valence-electron chi connectivity index (χ4n) is 2.63. The first-order chi connectivity index (χ1) is 14.0. The van der Waals surface area contributed by atoms with Crippen LogP contribution in [0.1, 0.15) is 17.2 Å². The standard InChI is InChI=1S/C22H20FNO5/c23-16-10-11-20(27-13-15-6-2-1-3-7-15)21(12-16)29-19-9-5-4-8-17(19)18(25)14-28-22(24)26/h1-12,18,25H,13-14H2,(H2,24,26). The van der Waals surface area contributed by atoms with Crippen molar-refractivity contribution in [3.8, 4) is 17.2 Å². The third-order valence-electron chi connectivity index (χ3n) is 4.02. The lowest BCUT2D eigenvalue weighted by atomic mass is 10.1. The largest absolute Gasteiger partial charge is 0.485 e. The Hall–Kier alpha value is -3.58. The molecular formula is C22H20FNO5. The van der Waals surface area contributed by atoms with E-state index >= 15 is 0 Å². The fraction of sp³-hybridized carbons (Fsp3) is 0.136. The molecule has 1 atom stereocenters. The fourth-order valence-corrected chi connectivity index (χ4v) is 2.63. The van der Waals surface area contributed by atoms with Gasteiger partial charge in [0.1, 0.15) is 30.9 Å². The number of primary amides is 1. The first-order valence-electron chi connectivity index (χ1n) is 8.86. The zero-order valence-corrected chi connectivity index (χ0v) is 15.5. The van der Waals surface area contributed by atoms with Gasteiger partial charge in [-0.3, -0.25) is 0 Å². The number of para-hydroxylation sites is 1. The lowest BCUT2D eigenvalue weighted by molar-refractivity contribution is 0.0716. The Kier molecular flexibility index (Phi) is 6.65. The summed E-state index contributed by atoms with van der Waals surface area (Å²) in [6.45, 7) is -0.0597. The van der Waals surface area contributed by atoms with Gasteiger partial charge in [-0.25, -0.2) is 9.18 Å². The Morgan fingerprint density at radius 1 is 0.966 bits per heavy atom. The van der Waals surface area contributed by atoms with Crippen molar-refractivity contribution in [2.45, 2.75) is 12.7 Å².